The van der Waals surface area contributed by atoms with Gasteiger partial charge in [-0.3, -0.25) is 0 Å². The zero-order valence-corrected chi connectivity index (χ0v) is 18.9. The molecule has 27 heavy (non-hydrogen) atoms. The lowest BCUT2D eigenvalue weighted by molar-refractivity contribution is 0.685. The lowest BCUT2D eigenvalue weighted by Crippen LogP contribution is -2.38. The number of rotatable bonds is 6. The summed E-state index contributed by atoms with van der Waals surface area (Å²) < 4.78 is 1.86. The number of halogens is 1. The van der Waals surface area contributed by atoms with Crippen molar-refractivity contribution in [2.24, 2.45) is 4.99 Å². The van der Waals surface area contributed by atoms with Crippen LogP contribution in [0.5, 0.6) is 0 Å². The molecule has 8 heteroatoms. The smallest absolute Gasteiger partial charge is 0.192 e. The van der Waals surface area contributed by atoms with E-state index in [9.17, 15) is 0 Å². The normalized spacial score (nSPS) is 12.3. The molecule has 0 radical (unpaired) electrons. The lowest BCUT2D eigenvalue weighted by atomic mass is 10.1. The standard InChI is InChI=1S/C19H24N6S.HI/c1-4-20-19(22-13-18-21-12-14(2)26-18)24-15(3)16-7-5-8-17(11-16)25-10-6-9-23-25;/h5-12,15H,4,13H2,1-3H3,(H2,20,22,24);1H. The Kier molecular flexibility index (Phi) is 8.23. The van der Waals surface area contributed by atoms with E-state index in [1.54, 1.807) is 17.5 Å². The van der Waals surface area contributed by atoms with Crippen LogP contribution < -0.4 is 10.6 Å². The minimum absolute atomic E-state index is 0. The minimum Gasteiger partial charge on any atom is -0.357 e. The Morgan fingerprint density at radius 2 is 2.19 bits per heavy atom. The average Bonchev–Trinajstić information content (AvgIpc) is 3.32. The molecule has 2 aromatic heterocycles. The summed E-state index contributed by atoms with van der Waals surface area (Å²) in [4.78, 5) is 10.2. The van der Waals surface area contributed by atoms with Crippen LogP contribution in [0.15, 0.2) is 53.9 Å². The van der Waals surface area contributed by atoms with Crippen molar-refractivity contribution >= 4 is 41.3 Å². The Labute approximate surface area is 181 Å². The van der Waals surface area contributed by atoms with Crippen molar-refractivity contribution in [3.05, 3.63) is 64.4 Å². The quantitative estimate of drug-likeness (QED) is 0.307. The van der Waals surface area contributed by atoms with Crippen molar-refractivity contribution in [2.45, 2.75) is 33.4 Å². The Balaban J connectivity index is 0.00000261. The van der Waals surface area contributed by atoms with Crippen LogP contribution in [0.3, 0.4) is 0 Å². The monoisotopic (exact) mass is 496 g/mol. The zero-order chi connectivity index (χ0) is 18.4. The number of nitrogens with zero attached hydrogens (tertiary/aromatic N) is 4. The molecule has 0 saturated heterocycles. The van der Waals surface area contributed by atoms with Gasteiger partial charge in [0.25, 0.3) is 0 Å². The van der Waals surface area contributed by atoms with E-state index < -0.39 is 0 Å². The summed E-state index contributed by atoms with van der Waals surface area (Å²) in [7, 11) is 0. The number of guanidine groups is 1. The number of aromatic nitrogens is 3. The van der Waals surface area contributed by atoms with Gasteiger partial charge in [0.1, 0.15) is 5.01 Å². The van der Waals surface area contributed by atoms with E-state index in [-0.39, 0.29) is 30.0 Å². The van der Waals surface area contributed by atoms with Gasteiger partial charge in [-0.05, 0) is 44.5 Å². The molecule has 0 aliphatic rings. The van der Waals surface area contributed by atoms with Crippen LogP contribution in [0.1, 0.15) is 35.3 Å². The van der Waals surface area contributed by atoms with Crippen molar-refractivity contribution in [2.75, 3.05) is 6.54 Å². The summed E-state index contributed by atoms with van der Waals surface area (Å²) in [6.07, 6.45) is 5.61. The zero-order valence-electron chi connectivity index (χ0n) is 15.7. The minimum atomic E-state index is 0. The fourth-order valence-corrected chi connectivity index (χ4v) is 3.30. The molecular formula is C19H25IN6S. The van der Waals surface area contributed by atoms with E-state index in [1.807, 2.05) is 35.3 Å². The van der Waals surface area contributed by atoms with Gasteiger partial charge in [0.2, 0.25) is 0 Å². The van der Waals surface area contributed by atoms with Crippen LogP contribution in [0.2, 0.25) is 0 Å². The molecule has 0 fully saturated rings. The highest BCUT2D eigenvalue weighted by Crippen LogP contribution is 2.17. The van der Waals surface area contributed by atoms with Gasteiger partial charge in [-0.2, -0.15) is 5.10 Å². The van der Waals surface area contributed by atoms with Gasteiger partial charge >= 0.3 is 0 Å². The molecule has 0 aliphatic carbocycles. The van der Waals surface area contributed by atoms with Crippen LogP contribution in [0.25, 0.3) is 5.69 Å². The Morgan fingerprint density at radius 3 is 2.85 bits per heavy atom. The van der Waals surface area contributed by atoms with Crippen molar-refractivity contribution in [3.8, 4) is 5.69 Å². The maximum atomic E-state index is 4.66. The van der Waals surface area contributed by atoms with Gasteiger partial charge in [0.05, 0.1) is 18.3 Å². The molecular weight excluding hydrogens is 471 g/mol. The van der Waals surface area contributed by atoms with Crippen LogP contribution in [-0.4, -0.2) is 27.3 Å². The van der Waals surface area contributed by atoms with Gasteiger partial charge in [0, 0.05) is 30.0 Å². The van der Waals surface area contributed by atoms with Gasteiger partial charge in [-0.25, -0.2) is 14.7 Å². The molecule has 6 nitrogen and oxygen atoms in total. The number of hydrogen-bond acceptors (Lipinski definition) is 4. The SMILES string of the molecule is CCNC(=NCc1ncc(C)s1)NC(C)c1cccc(-n2cccn2)c1.I. The third-order valence-electron chi connectivity index (χ3n) is 3.88. The molecule has 1 unspecified atom stereocenters. The van der Waals surface area contributed by atoms with E-state index >= 15 is 0 Å². The molecule has 2 N–H and O–H groups in total. The van der Waals surface area contributed by atoms with E-state index in [4.69, 9.17) is 0 Å². The molecule has 3 aromatic rings. The molecule has 0 saturated carbocycles. The number of hydrogen-bond donors (Lipinski definition) is 2. The van der Waals surface area contributed by atoms with Crippen LogP contribution in [0, 0.1) is 6.92 Å². The molecule has 0 amide bonds. The Bertz CT molecular complexity index is 859. The van der Waals surface area contributed by atoms with Crippen LogP contribution in [-0.2, 0) is 6.54 Å². The molecule has 1 atom stereocenters. The number of benzene rings is 1. The fraction of sp³-hybridized carbons (Fsp3) is 0.316. The maximum absolute atomic E-state index is 4.66. The first-order chi connectivity index (χ1) is 12.7. The van der Waals surface area contributed by atoms with Crippen molar-refractivity contribution in [3.63, 3.8) is 0 Å². The number of thiazole rings is 1. The molecule has 0 spiro atoms. The first-order valence-electron chi connectivity index (χ1n) is 8.72. The third-order valence-corrected chi connectivity index (χ3v) is 4.78. The molecule has 3 rings (SSSR count). The van der Waals surface area contributed by atoms with Gasteiger partial charge < -0.3 is 10.6 Å². The van der Waals surface area contributed by atoms with Gasteiger partial charge in [-0.1, -0.05) is 12.1 Å². The van der Waals surface area contributed by atoms with E-state index in [0.29, 0.717) is 6.54 Å². The second-order valence-electron chi connectivity index (χ2n) is 5.97. The van der Waals surface area contributed by atoms with Gasteiger partial charge in [-0.15, -0.1) is 35.3 Å². The topological polar surface area (TPSA) is 67.1 Å². The first-order valence-corrected chi connectivity index (χ1v) is 9.53. The predicted molar refractivity (Wildman–Crippen MR) is 122 cm³/mol. The fourth-order valence-electron chi connectivity index (χ4n) is 2.59. The summed E-state index contributed by atoms with van der Waals surface area (Å²) in [5.74, 6) is 0.789. The van der Waals surface area contributed by atoms with E-state index in [0.717, 1.165) is 23.2 Å². The maximum Gasteiger partial charge on any atom is 0.192 e. The molecule has 144 valence electrons. The third kappa shape index (κ3) is 6.03. The Morgan fingerprint density at radius 1 is 1.33 bits per heavy atom. The summed E-state index contributed by atoms with van der Waals surface area (Å²) in [5.41, 5.74) is 2.22. The van der Waals surface area contributed by atoms with Crippen molar-refractivity contribution in [1.82, 2.24) is 25.4 Å². The summed E-state index contributed by atoms with van der Waals surface area (Å²) >= 11 is 1.68. The number of aryl methyl sites for hydroxylation is 1. The molecule has 0 bridgehead atoms. The number of nitrogens with one attached hydrogen (secondary N) is 2. The van der Waals surface area contributed by atoms with E-state index in [2.05, 4.69) is 58.6 Å². The predicted octanol–water partition coefficient (Wildman–Crippen LogP) is 4.07. The largest absolute Gasteiger partial charge is 0.357 e. The molecule has 1 aromatic carbocycles. The highest BCUT2D eigenvalue weighted by atomic mass is 127. The summed E-state index contributed by atoms with van der Waals surface area (Å²) in [6.45, 7) is 7.63. The van der Waals surface area contributed by atoms with Crippen molar-refractivity contribution < 1.29 is 0 Å². The second kappa shape index (κ2) is 10.4. The van der Waals surface area contributed by atoms with Gasteiger partial charge in [0.15, 0.2) is 5.96 Å². The molecule has 2 heterocycles. The first kappa shape index (κ1) is 21.4. The highest BCUT2D eigenvalue weighted by molar-refractivity contribution is 14.0. The lowest BCUT2D eigenvalue weighted by Gasteiger charge is -2.18. The summed E-state index contributed by atoms with van der Waals surface area (Å²) in [6, 6.07) is 10.4. The van der Waals surface area contributed by atoms with Crippen molar-refractivity contribution in [1.29, 1.82) is 0 Å². The second-order valence-corrected chi connectivity index (χ2v) is 7.29. The molecule has 0 aliphatic heterocycles. The average molecular weight is 496 g/mol. The van der Waals surface area contributed by atoms with Crippen LogP contribution >= 0.6 is 35.3 Å². The van der Waals surface area contributed by atoms with Crippen LogP contribution in [0.4, 0.5) is 0 Å². The Hall–Kier alpha value is -1.94. The number of aliphatic imine (C=N–C) groups is 1. The highest BCUT2D eigenvalue weighted by Gasteiger charge is 2.09. The summed E-state index contributed by atoms with van der Waals surface area (Å²) in [5, 5.41) is 12.1. The van der Waals surface area contributed by atoms with E-state index in [1.165, 1.54) is 10.4 Å².